The molecule has 1 unspecified atom stereocenters. The summed E-state index contributed by atoms with van der Waals surface area (Å²) < 4.78 is 6.11. The summed E-state index contributed by atoms with van der Waals surface area (Å²) >= 11 is 0. The average Bonchev–Trinajstić information content (AvgIpc) is 2.30. The summed E-state index contributed by atoms with van der Waals surface area (Å²) in [5.74, 6) is 1.02. The fourth-order valence-corrected chi connectivity index (χ4v) is 2.07. The van der Waals surface area contributed by atoms with Gasteiger partial charge < -0.3 is 10.1 Å². The van der Waals surface area contributed by atoms with Crippen LogP contribution in [0.4, 0.5) is 0 Å². The second kappa shape index (κ2) is 6.95. The van der Waals surface area contributed by atoms with Crippen LogP contribution in [-0.2, 0) is 5.41 Å². The van der Waals surface area contributed by atoms with Crippen LogP contribution in [0.25, 0.3) is 0 Å². The molecular formula is C17H29NO. The lowest BCUT2D eigenvalue weighted by Gasteiger charge is -2.25. The van der Waals surface area contributed by atoms with Gasteiger partial charge in [0.25, 0.3) is 0 Å². The standard InChI is InChI=1S/C17H29NO/c1-7-10-18-12-14(3)19-16-9-8-13(2)11-15(16)17(4,5)6/h8-9,11,14,18H,7,10,12H2,1-6H3. The molecule has 0 amide bonds. The predicted molar refractivity (Wildman–Crippen MR) is 83.1 cm³/mol. The molecule has 0 aromatic heterocycles. The number of aryl methyl sites for hydroxylation is 1. The minimum Gasteiger partial charge on any atom is -0.489 e. The maximum atomic E-state index is 6.11. The van der Waals surface area contributed by atoms with Crippen LogP contribution in [0, 0.1) is 6.92 Å². The maximum absolute atomic E-state index is 6.11. The van der Waals surface area contributed by atoms with Gasteiger partial charge in [-0.15, -0.1) is 0 Å². The lowest BCUT2D eigenvalue weighted by atomic mass is 9.85. The molecule has 0 radical (unpaired) electrons. The molecule has 0 saturated heterocycles. The van der Waals surface area contributed by atoms with Gasteiger partial charge in [-0.3, -0.25) is 0 Å². The summed E-state index contributed by atoms with van der Waals surface area (Å²) in [6, 6.07) is 6.46. The molecule has 1 atom stereocenters. The van der Waals surface area contributed by atoms with Gasteiger partial charge in [-0.2, -0.15) is 0 Å². The van der Waals surface area contributed by atoms with Crippen molar-refractivity contribution in [3.63, 3.8) is 0 Å². The van der Waals surface area contributed by atoms with Crippen molar-refractivity contribution >= 4 is 0 Å². The van der Waals surface area contributed by atoms with Crippen molar-refractivity contribution in [3.8, 4) is 5.75 Å². The summed E-state index contributed by atoms with van der Waals surface area (Å²) in [5, 5.41) is 3.40. The molecule has 0 heterocycles. The van der Waals surface area contributed by atoms with Crippen molar-refractivity contribution < 1.29 is 4.74 Å². The Balaban J connectivity index is 2.77. The molecule has 0 spiro atoms. The van der Waals surface area contributed by atoms with E-state index < -0.39 is 0 Å². The van der Waals surface area contributed by atoms with Crippen LogP contribution in [0.15, 0.2) is 18.2 Å². The van der Waals surface area contributed by atoms with Gasteiger partial charge in [0.2, 0.25) is 0 Å². The zero-order valence-electron chi connectivity index (χ0n) is 13.3. The summed E-state index contributed by atoms with van der Waals surface area (Å²) in [4.78, 5) is 0. The molecule has 0 saturated carbocycles. The molecular weight excluding hydrogens is 234 g/mol. The topological polar surface area (TPSA) is 21.3 Å². The number of ether oxygens (including phenoxy) is 1. The van der Waals surface area contributed by atoms with Crippen molar-refractivity contribution in [2.75, 3.05) is 13.1 Å². The van der Waals surface area contributed by atoms with Gasteiger partial charge >= 0.3 is 0 Å². The molecule has 108 valence electrons. The molecule has 1 N–H and O–H groups in total. The lowest BCUT2D eigenvalue weighted by Crippen LogP contribution is -2.30. The third-order valence-electron chi connectivity index (χ3n) is 3.13. The van der Waals surface area contributed by atoms with Crippen molar-refractivity contribution in [2.45, 2.75) is 59.5 Å². The van der Waals surface area contributed by atoms with Gasteiger partial charge in [0.15, 0.2) is 0 Å². The smallest absolute Gasteiger partial charge is 0.123 e. The van der Waals surface area contributed by atoms with Gasteiger partial charge in [0.1, 0.15) is 11.9 Å². The van der Waals surface area contributed by atoms with E-state index in [-0.39, 0.29) is 11.5 Å². The van der Waals surface area contributed by atoms with Crippen LogP contribution in [0.1, 0.15) is 52.2 Å². The maximum Gasteiger partial charge on any atom is 0.123 e. The van der Waals surface area contributed by atoms with Gasteiger partial charge in [-0.1, -0.05) is 45.4 Å². The highest BCUT2D eigenvalue weighted by atomic mass is 16.5. The van der Waals surface area contributed by atoms with E-state index in [0.29, 0.717) is 0 Å². The number of nitrogens with one attached hydrogen (secondary N) is 1. The third-order valence-corrected chi connectivity index (χ3v) is 3.13. The highest BCUT2D eigenvalue weighted by Crippen LogP contribution is 2.32. The predicted octanol–water partition coefficient (Wildman–Crippen LogP) is 4.06. The Morgan fingerprint density at radius 1 is 1.26 bits per heavy atom. The molecule has 1 aromatic rings. The average molecular weight is 263 g/mol. The Kier molecular flexibility index (Phi) is 5.86. The highest BCUT2D eigenvalue weighted by Gasteiger charge is 2.20. The molecule has 1 aromatic carbocycles. The fourth-order valence-electron chi connectivity index (χ4n) is 2.07. The largest absolute Gasteiger partial charge is 0.489 e. The Bertz CT molecular complexity index is 393. The second-order valence-electron chi connectivity index (χ2n) is 6.38. The van der Waals surface area contributed by atoms with Gasteiger partial charge in [-0.25, -0.2) is 0 Å². The molecule has 0 fully saturated rings. The molecule has 2 nitrogen and oxygen atoms in total. The minimum absolute atomic E-state index is 0.109. The number of benzene rings is 1. The number of hydrogen-bond donors (Lipinski definition) is 1. The van der Waals surface area contributed by atoms with Crippen molar-refractivity contribution in [2.24, 2.45) is 0 Å². The number of hydrogen-bond acceptors (Lipinski definition) is 2. The van der Waals surface area contributed by atoms with E-state index in [0.717, 1.165) is 25.3 Å². The Hall–Kier alpha value is -1.02. The van der Waals surface area contributed by atoms with E-state index in [4.69, 9.17) is 4.74 Å². The summed E-state index contributed by atoms with van der Waals surface area (Å²) in [7, 11) is 0. The first-order valence-corrected chi connectivity index (χ1v) is 7.33. The molecule has 0 bridgehead atoms. The van der Waals surface area contributed by atoms with Gasteiger partial charge in [-0.05, 0) is 43.9 Å². The van der Waals surface area contributed by atoms with Crippen LogP contribution in [0.2, 0.25) is 0 Å². The first-order chi connectivity index (χ1) is 8.84. The van der Waals surface area contributed by atoms with E-state index in [1.54, 1.807) is 0 Å². The molecule has 1 rings (SSSR count). The quantitative estimate of drug-likeness (QED) is 0.782. The van der Waals surface area contributed by atoms with Crippen LogP contribution < -0.4 is 10.1 Å². The first-order valence-electron chi connectivity index (χ1n) is 7.33. The fraction of sp³-hybridized carbons (Fsp3) is 0.647. The zero-order chi connectivity index (χ0) is 14.5. The van der Waals surface area contributed by atoms with E-state index >= 15 is 0 Å². The molecule has 2 heteroatoms. The van der Waals surface area contributed by atoms with E-state index in [1.165, 1.54) is 11.1 Å². The van der Waals surface area contributed by atoms with Crippen LogP contribution in [0.5, 0.6) is 5.75 Å². The number of rotatable bonds is 6. The Morgan fingerprint density at radius 3 is 2.53 bits per heavy atom. The summed E-state index contributed by atoms with van der Waals surface area (Å²) in [6.07, 6.45) is 1.35. The first kappa shape index (κ1) is 16.0. The minimum atomic E-state index is 0.109. The van der Waals surface area contributed by atoms with Gasteiger partial charge in [0.05, 0.1) is 0 Å². The van der Waals surface area contributed by atoms with E-state index in [1.807, 2.05) is 0 Å². The summed E-state index contributed by atoms with van der Waals surface area (Å²) in [6.45, 7) is 15.1. The molecule has 0 aliphatic heterocycles. The zero-order valence-corrected chi connectivity index (χ0v) is 13.3. The molecule has 19 heavy (non-hydrogen) atoms. The highest BCUT2D eigenvalue weighted by molar-refractivity contribution is 5.41. The molecule has 0 aliphatic rings. The monoisotopic (exact) mass is 263 g/mol. The van der Waals surface area contributed by atoms with E-state index in [9.17, 15) is 0 Å². The van der Waals surface area contributed by atoms with Gasteiger partial charge in [0, 0.05) is 6.54 Å². The van der Waals surface area contributed by atoms with E-state index in [2.05, 4.69) is 65.1 Å². The third kappa shape index (κ3) is 5.23. The van der Waals surface area contributed by atoms with Crippen LogP contribution >= 0.6 is 0 Å². The normalized spacial score (nSPS) is 13.4. The van der Waals surface area contributed by atoms with Crippen molar-refractivity contribution in [3.05, 3.63) is 29.3 Å². The van der Waals surface area contributed by atoms with Crippen LogP contribution in [-0.4, -0.2) is 19.2 Å². The van der Waals surface area contributed by atoms with Crippen molar-refractivity contribution in [1.29, 1.82) is 0 Å². The lowest BCUT2D eigenvalue weighted by molar-refractivity contribution is 0.212. The Labute approximate surface area is 118 Å². The SMILES string of the molecule is CCCNCC(C)Oc1ccc(C)cc1C(C)(C)C. The van der Waals surface area contributed by atoms with Crippen molar-refractivity contribution in [1.82, 2.24) is 5.32 Å². The summed E-state index contributed by atoms with van der Waals surface area (Å²) in [5.41, 5.74) is 2.68. The second-order valence-corrected chi connectivity index (χ2v) is 6.38. The Morgan fingerprint density at radius 2 is 1.95 bits per heavy atom. The van der Waals surface area contributed by atoms with Crippen LogP contribution in [0.3, 0.4) is 0 Å². The molecule has 0 aliphatic carbocycles.